The molecule has 6 heteroatoms. The summed E-state index contributed by atoms with van der Waals surface area (Å²) in [6, 6.07) is 3.93. The second-order valence-corrected chi connectivity index (χ2v) is 10.7. The van der Waals surface area contributed by atoms with Crippen LogP contribution in [0.3, 0.4) is 0 Å². The molecule has 3 heterocycles. The lowest BCUT2D eigenvalue weighted by atomic mass is 9.73. The molecule has 5 nitrogen and oxygen atoms in total. The Morgan fingerprint density at radius 3 is 2.50 bits per heavy atom. The number of hydrogen-bond acceptors (Lipinski definition) is 4. The Labute approximate surface area is 157 Å². The van der Waals surface area contributed by atoms with E-state index in [4.69, 9.17) is 4.74 Å². The molecule has 1 aromatic rings. The summed E-state index contributed by atoms with van der Waals surface area (Å²) in [6.45, 7) is 7.87. The molecule has 3 fully saturated rings. The van der Waals surface area contributed by atoms with Crippen LogP contribution in [0.2, 0.25) is 0 Å². The molecule has 0 N–H and O–H groups in total. The van der Waals surface area contributed by atoms with Crippen molar-refractivity contribution in [2.75, 3.05) is 33.7 Å². The molecule has 144 valence electrons. The fraction of sp³-hybridized carbons (Fsp3) is 0.700. The van der Waals surface area contributed by atoms with Crippen LogP contribution in [0.4, 0.5) is 0 Å². The molecule has 1 aromatic carbocycles. The monoisotopic (exact) mass is 378 g/mol. The number of rotatable bonds is 4. The highest BCUT2D eigenvalue weighted by Crippen LogP contribution is 2.55. The highest BCUT2D eigenvalue weighted by molar-refractivity contribution is 7.89. The van der Waals surface area contributed by atoms with E-state index in [9.17, 15) is 8.42 Å². The van der Waals surface area contributed by atoms with Gasteiger partial charge in [-0.15, -0.1) is 0 Å². The molecule has 0 amide bonds. The third-order valence-corrected chi connectivity index (χ3v) is 8.65. The van der Waals surface area contributed by atoms with Gasteiger partial charge in [-0.3, -0.25) is 0 Å². The van der Waals surface area contributed by atoms with Crippen LogP contribution in [0.15, 0.2) is 17.0 Å². The summed E-state index contributed by atoms with van der Waals surface area (Å²) in [6.07, 6.45) is 2.35. The predicted octanol–water partition coefficient (Wildman–Crippen LogP) is 2.34. The zero-order chi connectivity index (χ0) is 18.9. The van der Waals surface area contributed by atoms with E-state index in [0.717, 1.165) is 36.1 Å². The average Bonchev–Trinajstić information content (AvgIpc) is 3.15. The fourth-order valence-corrected chi connectivity index (χ4v) is 7.63. The molecule has 3 aliphatic heterocycles. The van der Waals surface area contributed by atoms with Gasteiger partial charge < -0.3 is 9.64 Å². The first-order valence-electron chi connectivity index (χ1n) is 9.54. The largest absolute Gasteiger partial charge is 0.370 e. The molecule has 0 aromatic heterocycles. The van der Waals surface area contributed by atoms with Gasteiger partial charge in [0.1, 0.15) is 0 Å². The lowest BCUT2D eigenvalue weighted by Crippen LogP contribution is -2.40. The van der Waals surface area contributed by atoms with Gasteiger partial charge in [0.15, 0.2) is 0 Å². The minimum Gasteiger partial charge on any atom is -0.370 e. The van der Waals surface area contributed by atoms with Gasteiger partial charge in [-0.1, -0.05) is 17.7 Å². The Morgan fingerprint density at radius 1 is 1.23 bits per heavy atom. The lowest BCUT2D eigenvalue weighted by Gasteiger charge is -2.31. The Hall–Kier alpha value is -0.950. The van der Waals surface area contributed by atoms with Crippen LogP contribution in [0, 0.1) is 32.6 Å². The van der Waals surface area contributed by atoms with Crippen molar-refractivity contribution >= 4 is 10.0 Å². The number of sulfonamides is 1. The second-order valence-electron chi connectivity index (χ2n) is 8.82. The number of fused-ring (bicyclic) bond motifs is 1. The Kier molecular flexibility index (Phi) is 4.27. The number of hydrogen-bond donors (Lipinski definition) is 0. The minimum absolute atomic E-state index is 0.259. The van der Waals surface area contributed by atoms with E-state index >= 15 is 0 Å². The maximum absolute atomic E-state index is 13.5. The fourth-order valence-electron chi connectivity index (χ4n) is 5.70. The van der Waals surface area contributed by atoms with E-state index in [-0.39, 0.29) is 5.60 Å². The maximum atomic E-state index is 13.5. The number of aryl methyl sites for hydroxylation is 3. The zero-order valence-electron chi connectivity index (χ0n) is 16.4. The van der Waals surface area contributed by atoms with Crippen molar-refractivity contribution in [2.24, 2.45) is 11.8 Å². The number of nitrogens with zero attached hydrogens (tertiary/aromatic N) is 2. The van der Waals surface area contributed by atoms with E-state index in [1.807, 2.05) is 32.9 Å². The molecule has 0 aliphatic carbocycles. The minimum atomic E-state index is -3.50. The molecular weight excluding hydrogens is 348 g/mol. The first kappa shape index (κ1) is 18.4. The normalized spacial score (nSPS) is 34.0. The number of ether oxygens (including phenoxy) is 1. The first-order chi connectivity index (χ1) is 12.1. The molecular formula is C20H30N2O3S. The zero-order valence-corrected chi connectivity index (χ0v) is 17.3. The van der Waals surface area contributed by atoms with E-state index in [0.29, 0.717) is 35.9 Å². The quantitative estimate of drug-likeness (QED) is 0.807. The van der Waals surface area contributed by atoms with Gasteiger partial charge in [0, 0.05) is 31.5 Å². The average molecular weight is 379 g/mol. The molecule has 3 saturated heterocycles. The number of benzene rings is 1. The van der Waals surface area contributed by atoms with Gasteiger partial charge in [-0.05, 0) is 58.8 Å². The Balaban J connectivity index is 1.67. The standard InChI is InChI=1S/C20H30N2O3S/c1-13-8-14(2)19(15(3)9-13)26(23,24)22-11-17-16(10-21(4)5)18-6-7-20(17,12-22)25-18/h8-9,16-18H,6-7,10-12H2,1-5H3/t16-,17+,18+,20+/m0/s1. The van der Waals surface area contributed by atoms with E-state index in [1.165, 1.54) is 0 Å². The van der Waals surface area contributed by atoms with Crippen LogP contribution in [0.1, 0.15) is 29.5 Å². The lowest BCUT2D eigenvalue weighted by molar-refractivity contribution is 0.00739. The van der Waals surface area contributed by atoms with Crippen LogP contribution in [0.25, 0.3) is 0 Å². The van der Waals surface area contributed by atoms with Gasteiger partial charge in [0.25, 0.3) is 0 Å². The van der Waals surface area contributed by atoms with Crippen LogP contribution in [-0.2, 0) is 14.8 Å². The van der Waals surface area contributed by atoms with Crippen LogP contribution < -0.4 is 0 Å². The smallest absolute Gasteiger partial charge is 0.243 e. The second kappa shape index (κ2) is 6.03. The summed E-state index contributed by atoms with van der Waals surface area (Å²) in [5.74, 6) is 0.739. The third-order valence-electron chi connectivity index (χ3n) is 6.53. The van der Waals surface area contributed by atoms with Crippen molar-refractivity contribution in [3.8, 4) is 0 Å². The van der Waals surface area contributed by atoms with E-state index < -0.39 is 10.0 Å². The molecule has 26 heavy (non-hydrogen) atoms. The summed E-state index contributed by atoms with van der Waals surface area (Å²) in [4.78, 5) is 2.69. The predicted molar refractivity (Wildman–Crippen MR) is 102 cm³/mol. The van der Waals surface area contributed by atoms with Gasteiger partial charge in [-0.25, -0.2) is 8.42 Å². The molecule has 1 spiro atoms. The summed E-state index contributed by atoms with van der Waals surface area (Å²) in [7, 11) is 0.668. The molecule has 2 bridgehead atoms. The summed E-state index contributed by atoms with van der Waals surface area (Å²) in [5, 5.41) is 0. The molecule has 4 rings (SSSR count). The van der Waals surface area contributed by atoms with Crippen molar-refractivity contribution < 1.29 is 13.2 Å². The van der Waals surface area contributed by atoms with E-state index in [1.54, 1.807) is 4.31 Å². The van der Waals surface area contributed by atoms with E-state index in [2.05, 4.69) is 19.0 Å². The van der Waals surface area contributed by atoms with Crippen LogP contribution >= 0.6 is 0 Å². The van der Waals surface area contributed by atoms with Crippen molar-refractivity contribution in [3.63, 3.8) is 0 Å². The molecule has 0 saturated carbocycles. The van der Waals surface area contributed by atoms with Crippen molar-refractivity contribution in [1.82, 2.24) is 9.21 Å². The van der Waals surface area contributed by atoms with Gasteiger partial charge >= 0.3 is 0 Å². The highest BCUT2D eigenvalue weighted by atomic mass is 32.2. The van der Waals surface area contributed by atoms with Gasteiger partial charge in [0.05, 0.1) is 16.6 Å². The van der Waals surface area contributed by atoms with Crippen molar-refractivity contribution in [1.29, 1.82) is 0 Å². The Morgan fingerprint density at radius 2 is 1.88 bits per heavy atom. The molecule has 0 radical (unpaired) electrons. The SMILES string of the molecule is Cc1cc(C)c(S(=O)(=O)N2C[C@@H]3[C@H](CN(C)C)[C@H]4CC[C@]3(C2)O4)c(C)c1. The van der Waals surface area contributed by atoms with Crippen LogP contribution in [-0.4, -0.2) is 63.1 Å². The van der Waals surface area contributed by atoms with Crippen LogP contribution in [0.5, 0.6) is 0 Å². The summed E-state index contributed by atoms with van der Waals surface area (Å²) in [5.41, 5.74) is 2.52. The third kappa shape index (κ3) is 2.65. The van der Waals surface area contributed by atoms with Crippen molar-refractivity contribution in [2.45, 2.75) is 50.2 Å². The summed E-state index contributed by atoms with van der Waals surface area (Å²) >= 11 is 0. The molecule has 0 unspecified atom stereocenters. The van der Waals surface area contributed by atoms with Crippen molar-refractivity contribution in [3.05, 3.63) is 28.8 Å². The first-order valence-corrected chi connectivity index (χ1v) is 11.0. The molecule has 4 atom stereocenters. The molecule has 3 aliphatic rings. The highest BCUT2D eigenvalue weighted by Gasteiger charge is 2.64. The summed E-state index contributed by atoms with van der Waals surface area (Å²) < 4.78 is 35.1. The maximum Gasteiger partial charge on any atom is 0.243 e. The van der Waals surface area contributed by atoms with Gasteiger partial charge in [0.2, 0.25) is 10.0 Å². The Bertz CT molecular complexity index is 812. The topological polar surface area (TPSA) is 49.9 Å². The van der Waals surface area contributed by atoms with Gasteiger partial charge in [-0.2, -0.15) is 4.31 Å².